The van der Waals surface area contributed by atoms with E-state index in [2.05, 4.69) is 0 Å². The molecule has 0 amide bonds. The summed E-state index contributed by atoms with van der Waals surface area (Å²) in [7, 11) is 0. The van der Waals surface area contributed by atoms with Crippen molar-refractivity contribution in [1.82, 2.24) is 0 Å². The van der Waals surface area contributed by atoms with Crippen molar-refractivity contribution in [2.45, 2.75) is 11.7 Å². The zero-order valence-corrected chi connectivity index (χ0v) is 7.51. The SMILES string of the molecule is O[C@@H]1C=CC=C2c3ccccc3[C@]21O. The lowest BCUT2D eigenvalue weighted by Gasteiger charge is -2.45. The minimum atomic E-state index is -1.16. The van der Waals surface area contributed by atoms with Gasteiger partial charge in [0.15, 0.2) is 0 Å². The van der Waals surface area contributed by atoms with Crippen LogP contribution in [0.2, 0.25) is 0 Å². The second-order valence-electron chi connectivity index (χ2n) is 3.72. The van der Waals surface area contributed by atoms with E-state index in [0.717, 1.165) is 16.7 Å². The summed E-state index contributed by atoms with van der Waals surface area (Å²) in [4.78, 5) is 0. The summed E-state index contributed by atoms with van der Waals surface area (Å²) in [6, 6.07) is 7.62. The Kier molecular flexibility index (Phi) is 1.34. The molecule has 3 rings (SSSR count). The Labute approximate surface area is 81.8 Å². The fraction of sp³-hybridized carbons (Fsp3) is 0.167. The highest BCUT2D eigenvalue weighted by Crippen LogP contribution is 2.52. The van der Waals surface area contributed by atoms with E-state index in [1.807, 2.05) is 30.3 Å². The molecule has 2 aliphatic rings. The Bertz CT molecular complexity index is 459. The van der Waals surface area contributed by atoms with Crippen LogP contribution >= 0.6 is 0 Å². The molecular weight excluding hydrogens is 176 g/mol. The highest BCUT2D eigenvalue weighted by molar-refractivity contribution is 5.88. The highest BCUT2D eigenvalue weighted by atomic mass is 16.3. The molecule has 0 saturated heterocycles. The van der Waals surface area contributed by atoms with Crippen LogP contribution in [0.3, 0.4) is 0 Å². The zero-order chi connectivity index (χ0) is 9.76. The summed E-state index contributed by atoms with van der Waals surface area (Å²) < 4.78 is 0. The van der Waals surface area contributed by atoms with Crippen molar-refractivity contribution in [3.63, 3.8) is 0 Å². The average molecular weight is 186 g/mol. The molecule has 0 radical (unpaired) electrons. The number of fused-ring (bicyclic) bond motifs is 4. The van der Waals surface area contributed by atoms with E-state index in [0.29, 0.717) is 0 Å². The van der Waals surface area contributed by atoms with Gasteiger partial charge in [0, 0.05) is 0 Å². The summed E-state index contributed by atoms with van der Waals surface area (Å²) in [5, 5.41) is 20.0. The number of aliphatic hydroxyl groups is 2. The third kappa shape index (κ3) is 0.694. The number of rotatable bonds is 0. The Hall–Kier alpha value is -1.38. The molecule has 2 heteroatoms. The molecule has 0 heterocycles. The summed E-state index contributed by atoms with van der Waals surface area (Å²) >= 11 is 0. The van der Waals surface area contributed by atoms with Crippen LogP contribution in [0.4, 0.5) is 0 Å². The largest absolute Gasteiger partial charge is 0.385 e. The monoisotopic (exact) mass is 186 g/mol. The van der Waals surface area contributed by atoms with Gasteiger partial charge in [-0.25, -0.2) is 0 Å². The van der Waals surface area contributed by atoms with Gasteiger partial charge in [-0.2, -0.15) is 0 Å². The van der Waals surface area contributed by atoms with Crippen LogP contribution in [-0.2, 0) is 5.60 Å². The minimum Gasteiger partial charge on any atom is -0.385 e. The van der Waals surface area contributed by atoms with Gasteiger partial charge in [-0.3, -0.25) is 0 Å². The Morgan fingerprint density at radius 2 is 2.00 bits per heavy atom. The number of aliphatic hydroxyl groups excluding tert-OH is 1. The minimum absolute atomic E-state index is 0.822. The van der Waals surface area contributed by atoms with Crippen molar-refractivity contribution in [2.75, 3.05) is 0 Å². The zero-order valence-electron chi connectivity index (χ0n) is 7.51. The third-order valence-corrected chi connectivity index (χ3v) is 3.02. The number of benzene rings is 1. The molecule has 0 aromatic heterocycles. The smallest absolute Gasteiger partial charge is 0.145 e. The van der Waals surface area contributed by atoms with Gasteiger partial charge < -0.3 is 10.2 Å². The first-order chi connectivity index (χ1) is 6.74. The quantitative estimate of drug-likeness (QED) is 0.639. The van der Waals surface area contributed by atoms with Gasteiger partial charge in [0.1, 0.15) is 11.7 Å². The Balaban J connectivity index is 2.27. The van der Waals surface area contributed by atoms with E-state index in [1.165, 1.54) is 0 Å². The van der Waals surface area contributed by atoms with Crippen LogP contribution in [0.25, 0.3) is 5.57 Å². The predicted molar refractivity (Wildman–Crippen MR) is 53.5 cm³/mol. The highest BCUT2D eigenvalue weighted by Gasteiger charge is 2.50. The van der Waals surface area contributed by atoms with E-state index >= 15 is 0 Å². The lowest BCUT2D eigenvalue weighted by molar-refractivity contribution is -0.0206. The molecule has 0 saturated carbocycles. The normalized spacial score (nSPS) is 32.7. The lowest BCUT2D eigenvalue weighted by atomic mass is 9.64. The molecule has 0 spiro atoms. The van der Waals surface area contributed by atoms with Crippen LogP contribution in [0.15, 0.2) is 42.5 Å². The van der Waals surface area contributed by atoms with Crippen molar-refractivity contribution >= 4 is 5.57 Å². The molecule has 70 valence electrons. The van der Waals surface area contributed by atoms with Gasteiger partial charge in [-0.05, 0) is 16.7 Å². The molecule has 2 atom stereocenters. The molecule has 0 aliphatic heterocycles. The van der Waals surface area contributed by atoms with Crippen LogP contribution < -0.4 is 0 Å². The first-order valence-electron chi connectivity index (χ1n) is 4.64. The fourth-order valence-electron chi connectivity index (χ4n) is 2.27. The van der Waals surface area contributed by atoms with Gasteiger partial charge >= 0.3 is 0 Å². The van der Waals surface area contributed by atoms with Gasteiger partial charge in [-0.1, -0.05) is 42.5 Å². The topological polar surface area (TPSA) is 40.5 Å². The predicted octanol–water partition coefficient (Wildman–Crippen LogP) is 1.20. The van der Waals surface area contributed by atoms with Crippen LogP contribution in [0, 0.1) is 0 Å². The molecule has 2 nitrogen and oxygen atoms in total. The summed E-state index contributed by atoms with van der Waals surface area (Å²) in [5.41, 5.74) is 1.52. The standard InChI is InChI=1S/C12H10O2/c13-11-7-3-6-10-8-4-1-2-5-9(8)12(10,11)14/h1-7,11,13-14H/t11-,12+/m1/s1. The molecular formula is C12H10O2. The van der Waals surface area contributed by atoms with Crippen LogP contribution in [-0.4, -0.2) is 16.3 Å². The van der Waals surface area contributed by atoms with E-state index in [4.69, 9.17) is 0 Å². The lowest BCUT2D eigenvalue weighted by Crippen LogP contribution is -2.47. The van der Waals surface area contributed by atoms with Crippen molar-refractivity contribution in [3.05, 3.63) is 53.6 Å². The van der Waals surface area contributed by atoms with E-state index < -0.39 is 11.7 Å². The Morgan fingerprint density at radius 1 is 1.21 bits per heavy atom. The van der Waals surface area contributed by atoms with E-state index in [9.17, 15) is 10.2 Å². The molecule has 14 heavy (non-hydrogen) atoms. The second kappa shape index (κ2) is 2.35. The van der Waals surface area contributed by atoms with Gasteiger partial charge in [-0.15, -0.1) is 0 Å². The van der Waals surface area contributed by atoms with Crippen LogP contribution in [0.1, 0.15) is 11.1 Å². The summed E-state index contributed by atoms with van der Waals surface area (Å²) in [6.07, 6.45) is 4.43. The maximum atomic E-state index is 10.3. The summed E-state index contributed by atoms with van der Waals surface area (Å²) in [5.74, 6) is 0. The fourth-order valence-corrected chi connectivity index (χ4v) is 2.27. The van der Waals surface area contributed by atoms with Crippen molar-refractivity contribution in [2.24, 2.45) is 0 Å². The molecule has 1 aromatic rings. The van der Waals surface area contributed by atoms with Crippen LogP contribution in [0.5, 0.6) is 0 Å². The maximum absolute atomic E-state index is 10.3. The van der Waals surface area contributed by atoms with Crippen molar-refractivity contribution in [1.29, 1.82) is 0 Å². The maximum Gasteiger partial charge on any atom is 0.145 e. The second-order valence-corrected chi connectivity index (χ2v) is 3.72. The van der Waals surface area contributed by atoms with Crippen molar-refractivity contribution < 1.29 is 10.2 Å². The molecule has 0 bridgehead atoms. The first kappa shape index (κ1) is 7.97. The molecule has 0 fully saturated rings. The molecule has 0 unspecified atom stereocenters. The summed E-state index contributed by atoms with van der Waals surface area (Å²) in [6.45, 7) is 0. The van der Waals surface area contributed by atoms with Gasteiger partial charge in [0.25, 0.3) is 0 Å². The number of hydrogen-bond acceptors (Lipinski definition) is 2. The van der Waals surface area contributed by atoms with E-state index in [-0.39, 0.29) is 0 Å². The van der Waals surface area contributed by atoms with Gasteiger partial charge in [0.05, 0.1) is 0 Å². The van der Waals surface area contributed by atoms with E-state index in [1.54, 1.807) is 12.2 Å². The molecule has 2 aliphatic carbocycles. The van der Waals surface area contributed by atoms with Gasteiger partial charge in [0.2, 0.25) is 0 Å². The third-order valence-electron chi connectivity index (χ3n) is 3.02. The molecule has 2 N–H and O–H groups in total. The average Bonchev–Trinajstić information content (AvgIpc) is 2.21. The van der Waals surface area contributed by atoms with Crippen molar-refractivity contribution in [3.8, 4) is 0 Å². The first-order valence-corrected chi connectivity index (χ1v) is 4.64. The number of hydrogen-bond donors (Lipinski definition) is 2. The Morgan fingerprint density at radius 3 is 2.86 bits per heavy atom. The number of allylic oxidation sites excluding steroid dienone is 2. The molecule has 1 aromatic carbocycles.